The van der Waals surface area contributed by atoms with Crippen LogP contribution in [0.3, 0.4) is 0 Å². The second kappa shape index (κ2) is 5.05. The maximum atomic E-state index is 13.3. The Kier molecular flexibility index (Phi) is 3.09. The van der Waals surface area contributed by atoms with Gasteiger partial charge in [-0.1, -0.05) is 0 Å². The fourth-order valence-corrected chi connectivity index (χ4v) is 1.93. The summed E-state index contributed by atoms with van der Waals surface area (Å²) in [6.07, 6.45) is 4.65. The summed E-state index contributed by atoms with van der Waals surface area (Å²) in [5.74, 6) is -0.644. The minimum atomic E-state index is -0.370. The Morgan fingerprint density at radius 3 is 2.65 bits per heavy atom. The molecule has 20 heavy (non-hydrogen) atoms. The molecule has 2 aromatic heterocycles. The monoisotopic (exact) mass is 267 g/mol. The van der Waals surface area contributed by atoms with Crippen LogP contribution in [0.5, 0.6) is 0 Å². The van der Waals surface area contributed by atoms with E-state index < -0.39 is 0 Å². The molecule has 5 heteroatoms. The Morgan fingerprint density at radius 2 is 1.85 bits per heavy atom. The highest BCUT2D eigenvalue weighted by molar-refractivity contribution is 6.08. The largest absolute Gasteiger partial charge is 0.321 e. The smallest absolute Gasteiger partial charge is 0.255 e. The van der Waals surface area contributed by atoms with E-state index in [2.05, 4.69) is 15.3 Å². The molecule has 0 atom stereocenters. The first-order valence-corrected chi connectivity index (χ1v) is 6.00. The zero-order chi connectivity index (χ0) is 13.9. The van der Waals surface area contributed by atoms with E-state index in [0.717, 1.165) is 0 Å². The first kappa shape index (κ1) is 12.2. The van der Waals surface area contributed by atoms with Gasteiger partial charge in [0.25, 0.3) is 5.91 Å². The average Bonchev–Trinajstić information content (AvgIpc) is 2.49. The minimum absolute atomic E-state index is 0.274. The van der Waals surface area contributed by atoms with Crippen LogP contribution in [-0.2, 0) is 0 Å². The van der Waals surface area contributed by atoms with Gasteiger partial charge in [-0.05, 0) is 36.4 Å². The molecule has 1 amide bonds. The highest BCUT2D eigenvalue weighted by Crippen LogP contribution is 2.22. The van der Waals surface area contributed by atoms with E-state index in [1.54, 1.807) is 42.9 Å². The lowest BCUT2D eigenvalue weighted by Gasteiger charge is -2.08. The van der Waals surface area contributed by atoms with Crippen LogP contribution in [0.4, 0.5) is 10.1 Å². The van der Waals surface area contributed by atoms with Crippen molar-refractivity contribution in [3.63, 3.8) is 0 Å². The van der Waals surface area contributed by atoms with E-state index in [0.29, 0.717) is 22.2 Å². The van der Waals surface area contributed by atoms with Crippen molar-refractivity contribution in [3.8, 4) is 0 Å². The number of hydrogen-bond acceptors (Lipinski definition) is 3. The van der Waals surface area contributed by atoms with Crippen LogP contribution in [0.25, 0.3) is 10.9 Å². The fraction of sp³-hybridized carbons (Fsp3) is 0. The summed E-state index contributed by atoms with van der Waals surface area (Å²) < 4.78 is 13.3. The molecule has 0 aliphatic carbocycles. The lowest BCUT2D eigenvalue weighted by Crippen LogP contribution is -2.12. The predicted molar refractivity (Wildman–Crippen MR) is 73.9 cm³/mol. The second-order valence-electron chi connectivity index (χ2n) is 4.21. The standard InChI is InChI=1S/C15H10FN3O/c16-11-1-2-13-12(9-11)14(5-8-18-13)19-15(20)10-3-6-17-7-4-10/h1-9H,(H,18,19,20). The van der Waals surface area contributed by atoms with Crippen LogP contribution in [0, 0.1) is 5.82 Å². The zero-order valence-corrected chi connectivity index (χ0v) is 10.4. The lowest BCUT2D eigenvalue weighted by molar-refractivity contribution is 0.102. The van der Waals surface area contributed by atoms with Crippen molar-refractivity contribution >= 4 is 22.5 Å². The molecular weight excluding hydrogens is 257 g/mol. The highest BCUT2D eigenvalue weighted by atomic mass is 19.1. The summed E-state index contributed by atoms with van der Waals surface area (Å²) in [6, 6.07) is 9.13. The number of nitrogens with zero attached hydrogens (tertiary/aromatic N) is 2. The van der Waals surface area contributed by atoms with Gasteiger partial charge in [0.05, 0.1) is 11.2 Å². The Labute approximate surface area is 114 Å². The van der Waals surface area contributed by atoms with Crippen molar-refractivity contribution in [1.29, 1.82) is 0 Å². The van der Waals surface area contributed by atoms with Crippen LogP contribution >= 0.6 is 0 Å². The van der Waals surface area contributed by atoms with Crippen molar-refractivity contribution in [3.05, 3.63) is 66.4 Å². The van der Waals surface area contributed by atoms with Gasteiger partial charge in [0.2, 0.25) is 0 Å². The quantitative estimate of drug-likeness (QED) is 0.776. The molecule has 0 unspecified atom stereocenters. The average molecular weight is 267 g/mol. The molecule has 0 aliphatic rings. The molecule has 0 saturated carbocycles. The first-order chi connectivity index (χ1) is 9.74. The summed E-state index contributed by atoms with van der Waals surface area (Å²) >= 11 is 0. The van der Waals surface area contributed by atoms with Crippen molar-refractivity contribution in [1.82, 2.24) is 9.97 Å². The summed E-state index contributed by atoms with van der Waals surface area (Å²) in [5.41, 5.74) is 1.64. The molecule has 4 nitrogen and oxygen atoms in total. The molecule has 0 radical (unpaired) electrons. The minimum Gasteiger partial charge on any atom is -0.321 e. The molecular formula is C15H10FN3O. The van der Waals surface area contributed by atoms with E-state index in [1.807, 2.05) is 0 Å². The number of pyridine rings is 2. The number of halogens is 1. The Morgan fingerprint density at radius 1 is 1.05 bits per heavy atom. The van der Waals surface area contributed by atoms with E-state index in [-0.39, 0.29) is 11.7 Å². The number of hydrogen-bond donors (Lipinski definition) is 1. The van der Waals surface area contributed by atoms with E-state index in [4.69, 9.17) is 0 Å². The van der Waals surface area contributed by atoms with Gasteiger partial charge in [-0.25, -0.2) is 4.39 Å². The number of amides is 1. The summed E-state index contributed by atoms with van der Waals surface area (Å²) in [6.45, 7) is 0. The van der Waals surface area contributed by atoms with Crippen LogP contribution in [0.2, 0.25) is 0 Å². The molecule has 2 heterocycles. The molecule has 0 bridgehead atoms. The number of nitrogens with one attached hydrogen (secondary N) is 1. The number of aromatic nitrogens is 2. The number of carbonyl (C=O) groups is 1. The zero-order valence-electron chi connectivity index (χ0n) is 10.4. The molecule has 3 aromatic rings. The summed E-state index contributed by atoms with van der Waals surface area (Å²) in [7, 11) is 0. The van der Waals surface area contributed by atoms with Gasteiger partial charge in [0, 0.05) is 29.5 Å². The Hall–Kier alpha value is -2.82. The Bertz CT molecular complexity index is 774. The SMILES string of the molecule is O=C(Nc1ccnc2ccc(F)cc12)c1ccncc1. The predicted octanol–water partition coefficient (Wildman–Crippen LogP) is 3.02. The molecule has 0 spiro atoms. The molecule has 0 fully saturated rings. The molecule has 1 N–H and O–H groups in total. The van der Waals surface area contributed by atoms with Crippen molar-refractivity contribution in [2.75, 3.05) is 5.32 Å². The maximum Gasteiger partial charge on any atom is 0.255 e. The van der Waals surface area contributed by atoms with Crippen molar-refractivity contribution < 1.29 is 9.18 Å². The lowest BCUT2D eigenvalue weighted by atomic mass is 10.1. The molecule has 0 saturated heterocycles. The summed E-state index contributed by atoms with van der Waals surface area (Å²) in [4.78, 5) is 20.1. The molecule has 1 aromatic carbocycles. The van der Waals surface area contributed by atoms with E-state index in [1.165, 1.54) is 12.1 Å². The van der Waals surface area contributed by atoms with Crippen LogP contribution in [0.15, 0.2) is 55.0 Å². The van der Waals surface area contributed by atoms with Gasteiger partial charge in [0.1, 0.15) is 5.82 Å². The number of benzene rings is 1. The number of anilines is 1. The Balaban J connectivity index is 1.99. The fourth-order valence-electron chi connectivity index (χ4n) is 1.93. The third-order valence-corrected chi connectivity index (χ3v) is 2.89. The molecule has 98 valence electrons. The van der Waals surface area contributed by atoms with Crippen molar-refractivity contribution in [2.45, 2.75) is 0 Å². The third kappa shape index (κ3) is 2.33. The third-order valence-electron chi connectivity index (χ3n) is 2.89. The van der Waals surface area contributed by atoms with Gasteiger partial charge in [-0.3, -0.25) is 14.8 Å². The topological polar surface area (TPSA) is 54.9 Å². The van der Waals surface area contributed by atoms with E-state index >= 15 is 0 Å². The van der Waals surface area contributed by atoms with Gasteiger partial charge in [0.15, 0.2) is 0 Å². The van der Waals surface area contributed by atoms with E-state index in [9.17, 15) is 9.18 Å². The normalized spacial score (nSPS) is 10.4. The van der Waals surface area contributed by atoms with Crippen molar-refractivity contribution in [2.24, 2.45) is 0 Å². The van der Waals surface area contributed by atoms with Gasteiger partial charge < -0.3 is 5.32 Å². The highest BCUT2D eigenvalue weighted by Gasteiger charge is 2.09. The van der Waals surface area contributed by atoms with Gasteiger partial charge in [-0.2, -0.15) is 0 Å². The van der Waals surface area contributed by atoms with Crippen LogP contribution < -0.4 is 5.32 Å². The summed E-state index contributed by atoms with van der Waals surface area (Å²) in [5, 5.41) is 3.32. The maximum absolute atomic E-state index is 13.3. The van der Waals surface area contributed by atoms with Crippen LogP contribution in [0.1, 0.15) is 10.4 Å². The van der Waals surface area contributed by atoms with Gasteiger partial charge >= 0.3 is 0 Å². The van der Waals surface area contributed by atoms with Gasteiger partial charge in [-0.15, -0.1) is 0 Å². The second-order valence-corrected chi connectivity index (χ2v) is 4.21. The number of fused-ring (bicyclic) bond motifs is 1. The number of carbonyl (C=O) groups excluding carboxylic acids is 1. The number of rotatable bonds is 2. The van der Waals surface area contributed by atoms with Crippen LogP contribution in [-0.4, -0.2) is 15.9 Å². The molecule has 0 aliphatic heterocycles. The first-order valence-electron chi connectivity index (χ1n) is 6.00. The molecule has 3 rings (SSSR count).